The third-order valence-electron chi connectivity index (χ3n) is 5.34. The zero-order valence-electron chi connectivity index (χ0n) is 18.2. The third-order valence-corrected chi connectivity index (χ3v) is 6.48. The SMILES string of the molecule is C[C@H](CNC(=O)[C@@H]1CN(S(C)(=O)=O)c2cc(C(C)(C)C)ccc2O1)c1ccccc1. The number of nitrogens with one attached hydrogen (secondary N) is 1. The number of carbonyl (C=O) groups excluding carboxylic acids is 1. The number of carbonyl (C=O) groups is 1. The van der Waals surface area contributed by atoms with Crippen LogP contribution >= 0.6 is 0 Å². The first-order chi connectivity index (χ1) is 14.0. The molecular formula is C23H30N2O4S. The molecule has 6 nitrogen and oxygen atoms in total. The van der Waals surface area contributed by atoms with Crippen molar-refractivity contribution in [1.29, 1.82) is 0 Å². The molecule has 2 aromatic carbocycles. The predicted octanol–water partition coefficient (Wildman–Crippen LogP) is 3.43. The summed E-state index contributed by atoms with van der Waals surface area (Å²) in [6.45, 7) is 8.61. The molecule has 0 radical (unpaired) electrons. The van der Waals surface area contributed by atoms with Crippen LogP contribution in [0.3, 0.4) is 0 Å². The van der Waals surface area contributed by atoms with Gasteiger partial charge in [0, 0.05) is 6.54 Å². The van der Waals surface area contributed by atoms with Crippen molar-refractivity contribution < 1.29 is 17.9 Å². The normalized spacial score (nSPS) is 17.6. The van der Waals surface area contributed by atoms with Gasteiger partial charge in [0.2, 0.25) is 10.0 Å². The van der Waals surface area contributed by atoms with Crippen molar-refractivity contribution in [3.05, 3.63) is 59.7 Å². The summed E-state index contributed by atoms with van der Waals surface area (Å²) in [5, 5.41) is 2.90. The van der Waals surface area contributed by atoms with E-state index in [1.807, 2.05) is 49.4 Å². The average Bonchev–Trinajstić information content (AvgIpc) is 2.69. The molecule has 0 aliphatic carbocycles. The number of ether oxygens (including phenoxy) is 1. The molecule has 0 unspecified atom stereocenters. The number of rotatable bonds is 5. The Morgan fingerprint density at radius 3 is 2.47 bits per heavy atom. The number of hydrogen-bond acceptors (Lipinski definition) is 4. The Hall–Kier alpha value is -2.54. The highest BCUT2D eigenvalue weighted by atomic mass is 32.2. The van der Waals surface area contributed by atoms with Gasteiger partial charge < -0.3 is 10.1 Å². The fourth-order valence-electron chi connectivity index (χ4n) is 3.44. The minimum Gasteiger partial charge on any atom is -0.476 e. The lowest BCUT2D eigenvalue weighted by molar-refractivity contribution is -0.127. The van der Waals surface area contributed by atoms with Gasteiger partial charge >= 0.3 is 0 Å². The maximum atomic E-state index is 12.8. The lowest BCUT2D eigenvalue weighted by Gasteiger charge is -2.35. The summed E-state index contributed by atoms with van der Waals surface area (Å²) < 4.78 is 32.1. The van der Waals surface area contributed by atoms with Gasteiger partial charge in [-0.25, -0.2) is 8.42 Å². The Morgan fingerprint density at radius 2 is 1.87 bits per heavy atom. The quantitative estimate of drug-likeness (QED) is 0.789. The van der Waals surface area contributed by atoms with E-state index in [9.17, 15) is 13.2 Å². The smallest absolute Gasteiger partial charge is 0.263 e. The van der Waals surface area contributed by atoms with Crippen LogP contribution in [-0.4, -0.2) is 39.8 Å². The molecule has 2 aromatic rings. The molecule has 1 heterocycles. The first kappa shape index (κ1) is 22.2. The van der Waals surface area contributed by atoms with Gasteiger partial charge in [0.15, 0.2) is 6.10 Å². The van der Waals surface area contributed by atoms with Gasteiger partial charge in [-0.3, -0.25) is 9.10 Å². The van der Waals surface area contributed by atoms with Crippen LogP contribution < -0.4 is 14.4 Å². The molecule has 162 valence electrons. The van der Waals surface area contributed by atoms with Crippen LogP contribution in [0.15, 0.2) is 48.5 Å². The van der Waals surface area contributed by atoms with Crippen LogP contribution in [-0.2, 0) is 20.2 Å². The van der Waals surface area contributed by atoms with Crippen molar-refractivity contribution in [3.8, 4) is 5.75 Å². The van der Waals surface area contributed by atoms with Crippen LogP contribution in [0.5, 0.6) is 5.75 Å². The lowest BCUT2D eigenvalue weighted by Crippen LogP contribution is -2.51. The number of hydrogen-bond donors (Lipinski definition) is 1. The van der Waals surface area contributed by atoms with E-state index < -0.39 is 16.1 Å². The highest BCUT2D eigenvalue weighted by molar-refractivity contribution is 7.92. The monoisotopic (exact) mass is 430 g/mol. The van der Waals surface area contributed by atoms with E-state index in [1.54, 1.807) is 6.07 Å². The van der Waals surface area contributed by atoms with Gasteiger partial charge in [0.1, 0.15) is 5.75 Å². The van der Waals surface area contributed by atoms with Crippen LogP contribution in [0.2, 0.25) is 0 Å². The zero-order chi connectivity index (χ0) is 22.1. The summed E-state index contributed by atoms with van der Waals surface area (Å²) in [6, 6.07) is 15.4. The number of benzene rings is 2. The lowest BCUT2D eigenvalue weighted by atomic mass is 9.86. The Bertz CT molecular complexity index is 1010. The Labute approximate surface area is 179 Å². The molecule has 0 aromatic heterocycles. The molecular weight excluding hydrogens is 400 g/mol. The molecule has 1 amide bonds. The van der Waals surface area contributed by atoms with Crippen molar-refractivity contribution in [1.82, 2.24) is 5.32 Å². The van der Waals surface area contributed by atoms with E-state index >= 15 is 0 Å². The van der Waals surface area contributed by atoms with Gasteiger partial charge in [-0.1, -0.05) is 64.1 Å². The first-order valence-electron chi connectivity index (χ1n) is 10.1. The zero-order valence-corrected chi connectivity index (χ0v) is 19.0. The minimum atomic E-state index is -3.57. The summed E-state index contributed by atoms with van der Waals surface area (Å²) in [7, 11) is -3.57. The summed E-state index contributed by atoms with van der Waals surface area (Å²) in [6.07, 6.45) is 0.244. The van der Waals surface area contributed by atoms with E-state index in [1.165, 1.54) is 4.31 Å². The second-order valence-electron chi connectivity index (χ2n) is 8.89. The Balaban J connectivity index is 1.79. The van der Waals surface area contributed by atoms with Crippen LogP contribution in [0.25, 0.3) is 0 Å². The van der Waals surface area contributed by atoms with Crippen molar-refractivity contribution in [2.24, 2.45) is 0 Å². The van der Waals surface area contributed by atoms with Crippen molar-refractivity contribution in [2.75, 3.05) is 23.7 Å². The molecule has 2 atom stereocenters. The number of fused-ring (bicyclic) bond motifs is 1. The minimum absolute atomic E-state index is 0.0506. The molecule has 3 rings (SSSR count). The molecule has 0 saturated heterocycles. The highest BCUT2D eigenvalue weighted by Crippen LogP contribution is 2.38. The number of sulfonamides is 1. The molecule has 0 fully saturated rings. The average molecular weight is 431 g/mol. The molecule has 30 heavy (non-hydrogen) atoms. The molecule has 1 aliphatic rings. The van der Waals surface area contributed by atoms with E-state index in [2.05, 4.69) is 26.1 Å². The summed E-state index contributed by atoms with van der Waals surface area (Å²) in [5.74, 6) is 0.208. The number of nitrogens with zero attached hydrogens (tertiary/aromatic N) is 1. The second kappa shape index (κ2) is 8.30. The number of amides is 1. The second-order valence-corrected chi connectivity index (χ2v) is 10.8. The molecule has 0 bridgehead atoms. The molecule has 1 aliphatic heterocycles. The van der Waals surface area contributed by atoms with Gasteiger partial charge in [-0.05, 0) is 34.6 Å². The third kappa shape index (κ3) is 4.95. The molecule has 1 N–H and O–H groups in total. The van der Waals surface area contributed by atoms with Crippen molar-refractivity contribution >= 4 is 21.6 Å². The van der Waals surface area contributed by atoms with Crippen LogP contribution in [0.1, 0.15) is 44.7 Å². The van der Waals surface area contributed by atoms with Gasteiger partial charge in [-0.15, -0.1) is 0 Å². The van der Waals surface area contributed by atoms with E-state index in [0.717, 1.165) is 17.4 Å². The van der Waals surface area contributed by atoms with Crippen LogP contribution in [0, 0.1) is 0 Å². The molecule has 7 heteroatoms. The molecule has 0 spiro atoms. The van der Waals surface area contributed by atoms with Crippen molar-refractivity contribution in [2.45, 2.75) is 45.1 Å². The standard InChI is InChI=1S/C23H30N2O4S/c1-16(17-9-7-6-8-10-17)14-24-22(26)21-15-25(30(5,27)28)19-13-18(23(2,3)4)11-12-20(19)29-21/h6-13,16,21H,14-15H2,1-5H3,(H,24,26)/t16-,21+/m1/s1. The van der Waals surface area contributed by atoms with E-state index in [4.69, 9.17) is 4.74 Å². The van der Waals surface area contributed by atoms with E-state index in [0.29, 0.717) is 18.0 Å². The largest absolute Gasteiger partial charge is 0.476 e. The van der Waals surface area contributed by atoms with Gasteiger partial charge in [-0.2, -0.15) is 0 Å². The summed E-state index contributed by atoms with van der Waals surface area (Å²) in [4.78, 5) is 12.8. The maximum absolute atomic E-state index is 12.8. The Morgan fingerprint density at radius 1 is 1.20 bits per heavy atom. The first-order valence-corrected chi connectivity index (χ1v) is 11.9. The van der Waals surface area contributed by atoms with Gasteiger partial charge in [0.25, 0.3) is 5.91 Å². The number of anilines is 1. The maximum Gasteiger partial charge on any atom is 0.263 e. The topological polar surface area (TPSA) is 75.7 Å². The molecule has 0 saturated carbocycles. The summed E-state index contributed by atoms with van der Waals surface area (Å²) >= 11 is 0. The fourth-order valence-corrected chi connectivity index (χ4v) is 4.34. The Kier molecular flexibility index (Phi) is 6.13. The van der Waals surface area contributed by atoms with Crippen molar-refractivity contribution in [3.63, 3.8) is 0 Å². The van der Waals surface area contributed by atoms with Gasteiger partial charge in [0.05, 0.1) is 18.5 Å². The fraction of sp³-hybridized carbons (Fsp3) is 0.435. The predicted molar refractivity (Wildman–Crippen MR) is 120 cm³/mol. The van der Waals surface area contributed by atoms with Crippen LogP contribution in [0.4, 0.5) is 5.69 Å². The summed E-state index contributed by atoms with van der Waals surface area (Å²) in [5.41, 5.74) is 2.46. The van der Waals surface area contributed by atoms with E-state index in [-0.39, 0.29) is 23.8 Å². The highest BCUT2D eigenvalue weighted by Gasteiger charge is 2.35.